The summed E-state index contributed by atoms with van der Waals surface area (Å²) in [7, 11) is -2.81. The minimum Gasteiger partial charge on any atom is -0.411 e. The first kappa shape index (κ1) is 16.4. The number of hydrogen-bond acceptors (Lipinski definition) is 2. The molecule has 94 valence electrons. The van der Waals surface area contributed by atoms with Crippen molar-refractivity contribution in [3.8, 4) is 0 Å². The van der Waals surface area contributed by atoms with Gasteiger partial charge in [-0.3, -0.25) is 0 Å². The van der Waals surface area contributed by atoms with E-state index in [9.17, 15) is 0 Å². The number of rotatable bonds is 3. The Kier molecular flexibility index (Phi) is 8.13. The molecule has 0 spiro atoms. The van der Waals surface area contributed by atoms with E-state index >= 15 is 0 Å². The molecule has 0 amide bonds. The second kappa shape index (κ2) is 8.45. The summed E-state index contributed by atoms with van der Waals surface area (Å²) in [5.41, 5.74) is 1.19. The molecule has 0 aliphatic carbocycles. The predicted octanol–water partition coefficient (Wildman–Crippen LogP) is 2.41. The average molecular weight is 290 g/mol. The van der Waals surface area contributed by atoms with E-state index in [1.165, 1.54) is 12.1 Å². The summed E-state index contributed by atoms with van der Waals surface area (Å²) in [4.78, 5) is 18.2. The van der Waals surface area contributed by atoms with Gasteiger partial charge in [0.05, 0.1) is 0 Å². The maximum Gasteiger partial charge on any atom is 2.00 e. The number of hydrogen-bond donors (Lipinski definition) is 2. The second-order valence-corrected chi connectivity index (χ2v) is 6.91. The van der Waals surface area contributed by atoms with Gasteiger partial charge in [-0.15, -0.1) is 0 Å². The SMILES string of the molecule is C[Si](O)(O)CCc1ccc[cH-]1.[Fe+2].c1cc[cH-]c1. The molecule has 0 saturated carbocycles. The molecular formula is C13H18FeO2Si. The van der Waals surface area contributed by atoms with Crippen molar-refractivity contribution >= 4 is 8.56 Å². The van der Waals surface area contributed by atoms with Gasteiger partial charge >= 0.3 is 25.6 Å². The summed E-state index contributed by atoms with van der Waals surface area (Å²) < 4.78 is 0. The Morgan fingerprint density at radius 1 is 1.12 bits per heavy atom. The molecule has 0 unspecified atom stereocenters. The zero-order chi connectivity index (χ0) is 11.9. The van der Waals surface area contributed by atoms with Gasteiger partial charge in [0, 0.05) is 0 Å². The summed E-state index contributed by atoms with van der Waals surface area (Å²) in [5, 5.41) is 0. The largest absolute Gasteiger partial charge is 2.00 e. The van der Waals surface area contributed by atoms with Crippen molar-refractivity contribution in [2.24, 2.45) is 0 Å². The molecule has 0 aliphatic heterocycles. The van der Waals surface area contributed by atoms with Crippen molar-refractivity contribution in [1.82, 2.24) is 0 Å². The van der Waals surface area contributed by atoms with E-state index in [-0.39, 0.29) is 17.1 Å². The normalized spacial score (nSPS) is 10.1. The van der Waals surface area contributed by atoms with Crippen LogP contribution in [-0.4, -0.2) is 18.2 Å². The predicted molar refractivity (Wildman–Crippen MR) is 68.6 cm³/mol. The van der Waals surface area contributed by atoms with Crippen LogP contribution in [-0.2, 0) is 23.5 Å². The topological polar surface area (TPSA) is 40.5 Å². The first-order chi connectivity index (χ1) is 7.58. The standard InChI is InChI=1S/C8H13O2Si.C5H5.Fe/c1-11(9,10)7-6-8-4-2-3-5-8;1-2-4-5-3-1;/h2-5,9-10H,6-7H2,1H3;1-5H;/q2*-1;+2. The van der Waals surface area contributed by atoms with Crippen LogP contribution in [0.5, 0.6) is 0 Å². The fraction of sp³-hybridized carbons (Fsp3) is 0.231. The Labute approximate surface area is 114 Å². The zero-order valence-electron chi connectivity index (χ0n) is 9.86. The zero-order valence-corrected chi connectivity index (χ0v) is 12.0. The quantitative estimate of drug-likeness (QED) is 0.673. The van der Waals surface area contributed by atoms with E-state index in [2.05, 4.69) is 0 Å². The van der Waals surface area contributed by atoms with Gasteiger partial charge in [-0.05, 0) is 19.0 Å². The molecule has 0 aliphatic rings. The van der Waals surface area contributed by atoms with Gasteiger partial charge in [-0.25, -0.2) is 24.3 Å². The molecule has 2 nitrogen and oxygen atoms in total. The van der Waals surface area contributed by atoms with Crippen LogP contribution in [0.3, 0.4) is 0 Å². The molecule has 0 bridgehead atoms. The molecular weight excluding hydrogens is 272 g/mol. The molecule has 0 heterocycles. The molecule has 2 aromatic rings. The number of aryl methyl sites for hydroxylation is 1. The van der Waals surface area contributed by atoms with Crippen molar-refractivity contribution < 1.29 is 26.7 Å². The van der Waals surface area contributed by atoms with E-state index in [4.69, 9.17) is 9.59 Å². The Balaban J connectivity index is 0.000000360. The molecule has 2 aromatic carbocycles. The van der Waals surface area contributed by atoms with Crippen LogP contribution >= 0.6 is 0 Å². The monoisotopic (exact) mass is 290 g/mol. The minimum absolute atomic E-state index is 0. The molecule has 2 N–H and O–H groups in total. The van der Waals surface area contributed by atoms with Crippen molar-refractivity contribution in [3.63, 3.8) is 0 Å². The third-order valence-corrected chi connectivity index (χ3v) is 3.37. The van der Waals surface area contributed by atoms with Gasteiger partial charge in [0.1, 0.15) is 0 Å². The van der Waals surface area contributed by atoms with Gasteiger partial charge in [0.25, 0.3) is 0 Å². The summed E-state index contributed by atoms with van der Waals surface area (Å²) in [6.07, 6.45) is 0.780. The minimum atomic E-state index is -2.81. The molecule has 0 saturated heterocycles. The molecule has 0 radical (unpaired) electrons. The summed E-state index contributed by atoms with van der Waals surface area (Å²) >= 11 is 0. The van der Waals surface area contributed by atoms with Crippen LogP contribution in [0.2, 0.25) is 12.6 Å². The molecule has 0 fully saturated rings. The molecule has 17 heavy (non-hydrogen) atoms. The van der Waals surface area contributed by atoms with Crippen molar-refractivity contribution in [2.45, 2.75) is 19.0 Å². The third-order valence-electron chi connectivity index (χ3n) is 2.17. The van der Waals surface area contributed by atoms with Crippen molar-refractivity contribution in [3.05, 3.63) is 60.2 Å². The Bertz CT molecular complexity index is 332. The third kappa shape index (κ3) is 9.09. The fourth-order valence-electron chi connectivity index (χ4n) is 1.28. The van der Waals surface area contributed by atoms with Gasteiger partial charge in [0.15, 0.2) is 0 Å². The summed E-state index contributed by atoms with van der Waals surface area (Å²) in [6, 6.07) is 18.4. The van der Waals surface area contributed by atoms with Crippen LogP contribution in [0.25, 0.3) is 0 Å². The first-order valence-electron chi connectivity index (χ1n) is 5.40. The average Bonchev–Trinajstić information content (AvgIpc) is 2.90. The van der Waals surface area contributed by atoms with E-state index < -0.39 is 8.56 Å². The van der Waals surface area contributed by atoms with Crippen LogP contribution in [0, 0.1) is 0 Å². The molecule has 0 atom stereocenters. The molecule has 2 rings (SSSR count). The Morgan fingerprint density at radius 2 is 1.76 bits per heavy atom. The van der Waals surface area contributed by atoms with Crippen LogP contribution in [0.4, 0.5) is 0 Å². The smallest absolute Gasteiger partial charge is 0.411 e. The van der Waals surface area contributed by atoms with Crippen molar-refractivity contribution in [2.75, 3.05) is 0 Å². The Hall–Kier alpha value is -0.644. The molecule has 0 aromatic heterocycles. The second-order valence-electron chi connectivity index (χ2n) is 3.97. The van der Waals surface area contributed by atoms with E-state index in [1.807, 2.05) is 54.6 Å². The van der Waals surface area contributed by atoms with E-state index in [1.54, 1.807) is 0 Å². The van der Waals surface area contributed by atoms with Gasteiger partial charge in [-0.2, -0.15) is 35.9 Å². The summed E-state index contributed by atoms with van der Waals surface area (Å²) in [6.45, 7) is 1.54. The first-order valence-corrected chi connectivity index (χ1v) is 8.00. The maximum absolute atomic E-state index is 9.11. The van der Waals surface area contributed by atoms with E-state index in [0.717, 1.165) is 6.42 Å². The molecule has 4 heteroatoms. The summed E-state index contributed by atoms with van der Waals surface area (Å²) in [5.74, 6) is 0. The van der Waals surface area contributed by atoms with Crippen LogP contribution in [0.15, 0.2) is 54.6 Å². The van der Waals surface area contributed by atoms with Gasteiger partial charge in [0.2, 0.25) is 0 Å². The fourth-order valence-corrected chi connectivity index (χ4v) is 2.04. The van der Waals surface area contributed by atoms with Crippen LogP contribution in [0.1, 0.15) is 5.56 Å². The van der Waals surface area contributed by atoms with Crippen molar-refractivity contribution in [1.29, 1.82) is 0 Å². The van der Waals surface area contributed by atoms with Crippen LogP contribution < -0.4 is 0 Å². The van der Waals surface area contributed by atoms with Gasteiger partial charge in [-0.1, -0.05) is 0 Å². The Morgan fingerprint density at radius 3 is 2.12 bits per heavy atom. The van der Waals surface area contributed by atoms with E-state index in [0.29, 0.717) is 6.04 Å². The van der Waals surface area contributed by atoms with Gasteiger partial charge < -0.3 is 9.59 Å². The maximum atomic E-state index is 9.11.